The standard InChI is InChI=1S/C16H21NO3S2/c1-11-3-4-13(12(2)9-11)22-10-14(18)17-16(15(19)20)5-7-21-8-6-16/h3-4,9H,5-8,10H2,1-2H3,(H,17,18)(H,19,20). The Morgan fingerprint density at radius 2 is 2.00 bits per heavy atom. The maximum atomic E-state index is 12.2. The summed E-state index contributed by atoms with van der Waals surface area (Å²) < 4.78 is 0. The molecule has 1 aromatic rings. The van der Waals surface area contributed by atoms with Gasteiger partial charge in [0.1, 0.15) is 5.54 Å². The number of hydrogen-bond donors (Lipinski definition) is 2. The lowest BCUT2D eigenvalue weighted by Crippen LogP contribution is -2.57. The van der Waals surface area contributed by atoms with Crippen molar-refractivity contribution >= 4 is 35.4 Å². The zero-order chi connectivity index (χ0) is 16.2. The Morgan fingerprint density at radius 1 is 1.32 bits per heavy atom. The Balaban J connectivity index is 1.95. The molecule has 2 N–H and O–H groups in total. The van der Waals surface area contributed by atoms with E-state index in [0.29, 0.717) is 12.8 Å². The van der Waals surface area contributed by atoms with E-state index in [-0.39, 0.29) is 11.7 Å². The molecule has 0 unspecified atom stereocenters. The molecule has 1 heterocycles. The van der Waals surface area contributed by atoms with Crippen molar-refractivity contribution in [2.45, 2.75) is 37.1 Å². The molecule has 0 atom stereocenters. The van der Waals surface area contributed by atoms with Gasteiger partial charge in [-0.25, -0.2) is 4.79 Å². The van der Waals surface area contributed by atoms with Crippen molar-refractivity contribution in [1.29, 1.82) is 0 Å². The van der Waals surface area contributed by atoms with E-state index in [1.807, 2.05) is 26.0 Å². The van der Waals surface area contributed by atoms with Crippen LogP contribution < -0.4 is 5.32 Å². The second-order valence-electron chi connectivity index (χ2n) is 5.61. The summed E-state index contributed by atoms with van der Waals surface area (Å²) >= 11 is 3.19. The van der Waals surface area contributed by atoms with Crippen LogP contribution in [0.15, 0.2) is 23.1 Å². The Hall–Kier alpha value is -1.14. The maximum Gasteiger partial charge on any atom is 0.329 e. The highest BCUT2D eigenvalue weighted by Crippen LogP contribution is 2.28. The number of carbonyl (C=O) groups excluding carboxylic acids is 1. The fraction of sp³-hybridized carbons (Fsp3) is 0.500. The number of aliphatic carboxylic acids is 1. The fourth-order valence-electron chi connectivity index (χ4n) is 2.52. The van der Waals surface area contributed by atoms with Gasteiger partial charge in [0, 0.05) is 4.90 Å². The number of benzene rings is 1. The molecule has 1 fully saturated rings. The van der Waals surface area contributed by atoms with Crippen LogP contribution in [0.25, 0.3) is 0 Å². The molecule has 120 valence electrons. The van der Waals surface area contributed by atoms with Gasteiger partial charge >= 0.3 is 5.97 Å². The van der Waals surface area contributed by atoms with Crippen LogP contribution in [0, 0.1) is 13.8 Å². The maximum absolute atomic E-state index is 12.2. The van der Waals surface area contributed by atoms with E-state index >= 15 is 0 Å². The second kappa shape index (κ2) is 7.42. The van der Waals surface area contributed by atoms with Gasteiger partial charge in [0.25, 0.3) is 0 Å². The average molecular weight is 339 g/mol. The monoisotopic (exact) mass is 339 g/mol. The number of aryl methyl sites for hydroxylation is 2. The molecule has 1 aromatic carbocycles. The second-order valence-corrected chi connectivity index (χ2v) is 7.85. The fourth-order valence-corrected chi connectivity index (χ4v) is 4.52. The minimum atomic E-state index is -1.08. The number of nitrogens with one attached hydrogen (secondary N) is 1. The molecule has 0 radical (unpaired) electrons. The third kappa shape index (κ3) is 4.20. The van der Waals surface area contributed by atoms with Crippen molar-refractivity contribution in [2.24, 2.45) is 0 Å². The predicted molar refractivity (Wildman–Crippen MR) is 91.7 cm³/mol. The molecular weight excluding hydrogens is 318 g/mol. The van der Waals surface area contributed by atoms with Crippen molar-refractivity contribution in [3.63, 3.8) is 0 Å². The molecule has 1 saturated heterocycles. The Labute approximate surface area is 139 Å². The summed E-state index contributed by atoms with van der Waals surface area (Å²) in [7, 11) is 0. The molecule has 4 nitrogen and oxygen atoms in total. The summed E-state index contributed by atoms with van der Waals surface area (Å²) in [6.45, 7) is 4.05. The van der Waals surface area contributed by atoms with Gasteiger partial charge in [0.05, 0.1) is 5.75 Å². The number of rotatable bonds is 5. The van der Waals surface area contributed by atoms with Crippen LogP contribution in [0.2, 0.25) is 0 Å². The van der Waals surface area contributed by atoms with E-state index in [1.165, 1.54) is 17.3 Å². The molecule has 0 spiro atoms. The number of amides is 1. The van der Waals surface area contributed by atoms with E-state index in [0.717, 1.165) is 22.0 Å². The first-order chi connectivity index (χ1) is 10.4. The first-order valence-corrected chi connectivity index (χ1v) is 9.39. The number of carboxylic acids is 1. The lowest BCUT2D eigenvalue weighted by Gasteiger charge is -2.33. The van der Waals surface area contributed by atoms with Gasteiger partial charge in [-0.05, 0) is 49.8 Å². The van der Waals surface area contributed by atoms with Crippen LogP contribution in [0.3, 0.4) is 0 Å². The minimum Gasteiger partial charge on any atom is -0.480 e. The molecule has 0 aromatic heterocycles. The van der Waals surface area contributed by atoms with Crippen LogP contribution >= 0.6 is 23.5 Å². The van der Waals surface area contributed by atoms with Crippen LogP contribution in [0.1, 0.15) is 24.0 Å². The van der Waals surface area contributed by atoms with Crippen LogP contribution in [0.4, 0.5) is 0 Å². The molecule has 0 bridgehead atoms. The van der Waals surface area contributed by atoms with Gasteiger partial charge < -0.3 is 10.4 Å². The molecule has 1 amide bonds. The zero-order valence-corrected chi connectivity index (χ0v) is 14.5. The van der Waals surface area contributed by atoms with Crippen molar-refractivity contribution in [2.75, 3.05) is 17.3 Å². The summed E-state index contributed by atoms with van der Waals surface area (Å²) in [6, 6.07) is 6.11. The quantitative estimate of drug-likeness (QED) is 0.808. The third-order valence-electron chi connectivity index (χ3n) is 3.82. The number of thioether (sulfide) groups is 2. The highest BCUT2D eigenvalue weighted by atomic mass is 32.2. The molecular formula is C16H21NO3S2. The molecule has 0 saturated carbocycles. The minimum absolute atomic E-state index is 0.209. The van der Waals surface area contributed by atoms with Gasteiger partial charge in [-0.15, -0.1) is 11.8 Å². The predicted octanol–water partition coefficient (Wildman–Crippen LogP) is 2.86. The SMILES string of the molecule is Cc1ccc(SCC(=O)NC2(C(=O)O)CCSCC2)c(C)c1. The Kier molecular flexibility index (Phi) is 5.81. The summed E-state index contributed by atoms with van der Waals surface area (Å²) in [5, 5.41) is 12.2. The highest BCUT2D eigenvalue weighted by Gasteiger charge is 2.41. The number of hydrogen-bond acceptors (Lipinski definition) is 4. The normalized spacial score (nSPS) is 17.0. The van der Waals surface area contributed by atoms with Crippen molar-refractivity contribution < 1.29 is 14.7 Å². The lowest BCUT2D eigenvalue weighted by atomic mass is 9.92. The highest BCUT2D eigenvalue weighted by molar-refractivity contribution is 8.00. The van der Waals surface area contributed by atoms with Gasteiger partial charge in [0.15, 0.2) is 0 Å². The van der Waals surface area contributed by atoms with Gasteiger partial charge in [-0.2, -0.15) is 11.8 Å². The smallest absolute Gasteiger partial charge is 0.329 e. The molecule has 2 rings (SSSR count). The van der Waals surface area contributed by atoms with Crippen LogP contribution in [-0.2, 0) is 9.59 Å². The molecule has 6 heteroatoms. The van der Waals surface area contributed by atoms with Gasteiger partial charge in [-0.3, -0.25) is 4.79 Å². The summed E-state index contributed by atoms with van der Waals surface area (Å²) in [5.74, 6) is 0.663. The molecule has 22 heavy (non-hydrogen) atoms. The third-order valence-corrected chi connectivity index (χ3v) is 5.98. The Morgan fingerprint density at radius 3 is 2.59 bits per heavy atom. The van der Waals surface area contributed by atoms with E-state index in [2.05, 4.69) is 11.4 Å². The van der Waals surface area contributed by atoms with Gasteiger partial charge in [-0.1, -0.05) is 17.7 Å². The molecule has 0 aliphatic carbocycles. The average Bonchev–Trinajstić information content (AvgIpc) is 2.47. The van der Waals surface area contributed by atoms with E-state index in [1.54, 1.807) is 11.8 Å². The summed E-state index contributed by atoms with van der Waals surface area (Å²) in [6.07, 6.45) is 0.986. The zero-order valence-electron chi connectivity index (χ0n) is 12.8. The first kappa shape index (κ1) is 17.2. The van der Waals surface area contributed by atoms with Crippen molar-refractivity contribution in [3.05, 3.63) is 29.3 Å². The summed E-state index contributed by atoms with van der Waals surface area (Å²) in [4.78, 5) is 24.8. The van der Waals surface area contributed by atoms with Crippen LogP contribution in [-0.4, -0.2) is 39.8 Å². The number of carboxylic acid groups (broad SMARTS) is 1. The summed E-state index contributed by atoms with van der Waals surface area (Å²) in [5.41, 5.74) is 1.25. The van der Waals surface area contributed by atoms with E-state index in [4.69, 9.17) is 0 Å². The van der Waals surface area contributed by atoms with E-state index in [9.17, 15) is 14.7 Å². The van der Waals surface area contributed by atoms with Crippen molar-refractivity contribution in [1.82, 2.24) is 5.32 Å². The largest absolute Gasteiger partial charge is 0.480 e. The lowest BCUT2D eigenvalue weighted by molar-refractivity contribution is -0.147. The molecule has 1 aliphatic heterocycles. The van der Waals surface area contributed by atoms with E-state index < -0.39 is 11.5 Å². The first-order valence-electron chi connectivity index (χ1n) is 7.25. The van der Waals surface area contributed by atoms with Crippen molar-refractivity contribution in [3.8, 4) is 0 Å². The van der Waals surface area contributed by atoms with Crippen LogP contribution in [0.5, 0.6) is 0 Å². The number of carbonyl (C=O) groups is 2. The Bertz CT molecular complexity index is 569. The topological polar surface area (TPSA) is 66.4 Å². The molecule has 1 aliphatic rings. The van der Waals surface area contributed by atoms with Gasteiger partial charge in [0.2, 0.25) is 5.91 Å².